The van der Waals surface area contributed by atoms with Gasteiger partial charge in [-0.05, 0) is 18.2 Å². The number of benzene rings is 2. The standard InChI is InChI=1S/C24H26N2O6/c1-28-19-13-18(14-20(29-2)23(19)30-3)24(27)32-22-17(15-26-9-11-31-12-10-26)7-6-16-5-4-8-25-21(16)22/h4-8,13-14H,9-12,15H2,1-3H3. The molecule has 0 bridgehead atoms. The molecule has 0 spiro atoms. The van der Waals surface area contributed by atoms with Crippen molar-refractivity contribution in [2.75, 3.05) is 47.6 Å². The maximum atomic E-state index is 13.2. The summed E-state index contributed by atoms with van der Waals surface area (Å²) in [5.41, 5.74) is 1.81. The zero-order chi connectivity index (χ0) is 22.5. The fourth-order valence-corrected chi connectivity index (χ4v) is 3.75. The third-order valence-electron chi connectivity index (χ3n) is 5.40. The van der Waals surface area contributed by atoms with Crippen LogP contribution in [0.25, 0.3) is 10.9 Å². The number of rotatable bonds is 7. The first-order chi connectivity index (χ1) is 15.6. The second-order valence-electron chi connectivity index (χ2n) is 7.32. The van der Waals surface area contributed by atoms with Gasteiger partial charge in [0.05, 0.1) is 40.1 Å². The summed E-state index contributed by atoms with van der Waals surface area (Å²) in [6.45, 7) is 3.65. The molecular weight excluding hydrogens is 412 g/mol. The molecule has 8 heteroatoms. The van der Waals surface area contributed by atoms with Crippen molar-refractivity contribution in [3.05, 3.63) is 53.7 Å². The summed E-state index contributed by atoms with van der Waals surface area (Å²) < 4.78 is 27.5. The van der Waals surface area contributed by atoms with Gasteiger partial charge >= 0.3 is 5.97 Å². The maximum Gasteiger partial charge on any atom is 0.343 e. The van der Waals surface area contributed by atoms with Crippen LogP contribution in [-0.2, 0) is 11.3 Å². The number of aromatic nitrogens is 1. The summed E-state index contributed by atoms with van der Waals surface area (Å²) in [4.78, 5) is 20.0. The van der Waals surface area contributed by atoms with E-state index in [-0.39, 0.29) is 5.56 Å². The average Bonchev–Trinajstić information content (AvgIpc) is 2.84. The molecule has 1 aliphatic heterocycles. The number of methoxy groups -OCH3 is 3. The third-order valence-corrected chi connectivity index (χ3v) is 5.40. The molecule has 0 amide bonds. The van der Waals surface area contributed by atoms with Gasteiger partial charge in [-0.15, -0.1) is 0 Å². The Morgan fingerprint density at radius 1 is 1.00 bits per heavy atom. The lowest BCUT2D eigenvalue weighted by Crippen LogP contribution is -2.35. The average molecular weight is 438 g/mol. The molecule has 0 N–H and O–H groups in total. The molecule has 0 aliphatic carbocycles. The van der Waals surface area contributed by atoms with E-state index < -0.39 is 5.97 Å². The molecule has 1 saturated heterocycles. The summed E-state index contributed by atoms with van der Waals surface area (Å²) in [6, 6.07) is 10.9. The number of hydrogen-bond donors (Lipinski definition) is 0. The number of esters is 1. The molecule has 0 unspecified atom stereocenters. The van der Waals surface area contributed by atoms with Gasteiger partial charge in [-0.3, -0.25) is 9.88 Å². The first-order valence-electron chi connectivity index (χ1n) is 10.3. The van der Waals surface area contributed by atoms with Crippen LogP contribution in [0.4, 0.5) is 0 Å². The van der Waals surface area contributed by atoms with Crippen molar-refractivity contribution in [1.82, 2.24) is 9.88 Å². The van der Waals surface area contributed by atoms with Gasteiger partial charge in [0, 0.05) is 36.8 Å². The Bertz CT molecular complexity index is 1090. The van der Waals surface area contributed by atoms with Crippen molar-refractivity contribution in [3.8, 4) is 23.0 Å². The van der Waals surface area contributed by atoms with E-state index in [0.29, 0.717) is 48.3 Å². The Morgan fingerprint density at radius 3 is 2.38 bits per heavy atom. The van der Waals surface area contributed by atoms with Crippen LogP contribution in [0.3, 0.4) is 0 Å². The van der Waals surface area contributed by atoms with Gasteiger partial charge in [0.15, 0.2) is 17.2 Å². The second kappa shape index (κ2) is 9.84. The normalized spacial score (nSPS) is 14.2. The molecule has 2 heterocycles. The topological polar surface area (TPSA) is 79.4 Å². The summed E-state index contributed by atoms with van der Waals surface area (Å²) >= 11 is 0. The van der Waals surface area contributed by atoms with Gasteiger partial charge in [0.25, 0.3) is 0 Å². The van der Waals surface area contributed by atoms with Gasteiger partial charge in [0.1, 0.15) is 5.52 Å². The molecule has 1 aliphatic rings. The fraction of sp³-hybridized carbons (Fsp3) is 0.333. The van der Waals surface area contributed by atoms with Gasteiger partial charge in [-0.2, -0.15) is 0 Å². The highest BCUT2D eigenvalue weighted by Crippen LogP contribution is 2.39. The predicted molar refractivity (Wildman–Crippen MR) is 119 cm³/mol. The Hall–Kier alpha value is -3.36. The largest absolute Gasteiger partial charge is 0.493 e. The van der Waals surface area contributed by atoms with E-state index in [9.17, 15) is 4.79 Å². The molecule has 0 saturated carbocycles. The summed E-state index contributed by atoms with van der Waals surface area (Å²) in [7, 11) is 4.51. The quantitative estimate of drug-likeness (QED) is 0.411. The molecular formula is C24H26N2O6. The molecule has 2 aromatic carbocycles. The van der Waals surface area contributed by atoms with Crippen molar-refractivity contribution in [2.45, 2.75) is 6.54 Å². The van der Waals surface area contributed by atoms with Crippen LogP contribution >= 0.6 is 0 Å². The minimum absolute atomic E-state index is 0.282. The number of morpholine rings is 1. The second-order valence-corrected chi connectivity index (χ2v) is 7.32. The number of pyridine rings is 1. The Kier molecular flexibility index (Phi) is 6.72. The van der Waals surface area contributed by atoms with Crippen LogP contribution in [0, 0.1) is 0 Å². The summed E-state index contributed by atoms with van der Waals surface area (Å²) in [5, 5.41) is 0.894. The Morgan fingerprint density at radius 2 is 1.72 bits per heavy atom. The van der Waals surface area contributed by atoms with E-state index in [4.69, 9.17) is 23.7 Å². The SMILES string of the molecule is COc1cc(C(=O)Oc2c(CN3CCOCC3)ccc3cccnc23)cc(OC)c1OC. The number of carbonyl (C=O) groups is 1. The van der Waals surface area contributed by atoms with E-state index in [1.54, 1.807) is 18.3 Å². The minimum Gasteiger partial charge on any atom is -0.493 e. The number of fused-ring (bicyclic) bond motifs is 1. The van der Waals surface area contributed by atoms with Crippen molar-refractivity contribution in [3.63, 3.8) is 0 Å². The van der Waals surface area contributed by atoms with E-state index >= 15 is 0 Å². The van der Waals surface area contributed by atoms with Gasteiger partial charge in [-0.1, -0.05) is 18.2 Å². The first-order valence-corrected chi connectivity index (χ1v) is 10.3. The van der Waals surface area contributed by atoms with Crippen LogP contribution in [0.2, 0.25) is 0 Å². The molecule has 1 aromatic heterocycles. The van der Waals surface area contributed by atoms with E-state index in [0.717, 1.165) is 24.0 Å². The van der Waals surface area contributed by atoms with Crippen LogP contribution in [0.15, 0.2) is 42.6 Å². The van der Waals surface area contributed by atoms with E-state index in [1.807, 2.05) is 24.3 Å². The summed E-state index contributed by atoms with van der Waals surface area (Å²) in [6.07, 6.45) is 1.69. The molecule has 4 rings (SSSR count). The lowest BCUT2D eigenvalue weighted by Gasteiger charge is -2.27. The molecule has 168 valence electrons. The molecule has 3 aromatic rings. The highest BCUT2D eigenvalue weighted by molar-refractivity contribution is 5.96. The third kappa shape index (κ3) is 4.46. The lowest BCUT2D eigenvalue weighted by molar-refractivity contribution is 0.0337. The van der Waals surface area contributed by atoms with Gasteiger partial charge < -0.3 is 23.7 Å². The van der Waals surface area contributed by atoms with E-state index in [2.05, 4.69) is 9.88 Å². The monoisotopic (exact) mass is 438 g/mol. The molecule has 8 nitrogen and oxygen atoms in total. The van der Waals surface area contributed by atoms with Crippen molar-refractivity contribution in [2.24, 2.45) is 0 Å². The Balaban J connectivity index is 1.71. The highest BCUT2D eigenvalue weighted by Gasteiger charge is 2.22. The van der Waals surface area contributed by atoms with Crippen LogP contribution in [-0.4, -0.2) is 63.5 Å². The lowest BCUT2D eigenvalue weighted by atomic mass is 10.1. The first kappa shape index (κ1) is 21.9. The van der Waals surface area contributed by atoms with Crippen LogP contribution < -0.4 is 18.9 Å². The van der Waals surface area contributed by atoms with Crippen molar-refractivity contribution < 1.29 is 28.5 Å². The zero-order valence-corrected chi connectivity index (χ0v) is 18.4. The highest BCUT2D eigenvalue weighted by atomic mass is 16.5. The predicted octanol–water partition coefficient (Wildman–Crippen LogP) is 3.31. The maximum absolute atomic E-state index is 13.2. The number of nitrogens with zero attached hydrogens (tertiary/aromatic N) is 2. The van der Waals surface area contributed by atoms with Gasteiger partial charge in [-0.25, -0.2) is 4.79 Å². The summed E-state index contributed by atoms with van der Waals surface area (Å²) in [5.74, 6) is 1.08. The van der Waals surface area contributed by atoms with Gasteiger partial charge in [0.2, 0.25) is 5.75 Å². The smallest absolute Gasteiger partial charge is 0.343 e. The van der Waals surface area contributed by atoms with Crippen molar-refractivity contribution >= 4 is 16.9 Å². The molecule has 0 radical (unpaired) electrons. The number of hydrogen-bond acceptors (Lipinski definition) is 8. The Labute approximate surface area is 186 Å². The fourth-order valence-electron chi connectivity index (χ4n) is 3.75. The molecule has 0 atom stereocenters. The number of carbonyl (C=O) groups excluding carboxylic acids is 1. The van der Waals surface area contributed by atoms with Crippen LogP contribution in [0.1, 0.15) is 15.9 Å². The molecule has 32 heavy (non-hydrogen) atoms. The van der Waals surface area contributed by atoms with Crippen molar-refractivity contribution in [1.29, 1.82) is 0 Å². The van der Waals surface area contributed by atoms with E-state index in [1.165, 1.54) is 21.3 Å². The minimum atomic E-state index is -0.536. The van der Waals surface area contributed by atoms with Crippen LogP contribution in [0.5, 0.6) is 23.0 Å². The zero-order valence-electron chi connectivity index (χ0n) is 18.4. The molecule has 1 fully saturated rings. The number of ether oxygens (including phenoxy) is 5.